The van der Waals surface area contributed by atoms with E-state index in [-0.39, 0.29) is 16.8 Å². The van der Waals surface area contributed by atoms with Crippen LogP contribution in [0.15, 0.2) is 11.4 Å². The van der Waals surface area contributed by atoms with Crippen LogP contribution in [0.4, 0.5) is 11.5 Å². The molecule has 1 rings (SSSR count). The maximum absolute atomic E-state index is 10.9. The molecular formula is C8H13N5O2S. The quantitative estimate of drug-likeness (QED) is 0.265. The molecule has 7 nitrogen and oxygen atoms in total. The third kappa shape index (κ3) is 2.80. The number of thioether (sulfide) groups is 1. The average molecular weight is 243 g/mol. The highest BCUT2D eigenvalue weighted by Gasteiger charge is 2.23. The van der Waals surface area contributed by atoms with Gasteiger partial charge in [-0.05, 0) is 6.42 Å². The smallest absolute Gasteiger partial charge is 0.303 e. The number of hydrogen-bond donors (Lipinski definition) is 2. The fourth-order valence-corrected chi connectivity index (χ4v) is 1.93. The molecule has 8 heteroatoms. The Bertz CT molecular complexity index is 387. The van der Waals surface area contributed by atoms with Gasteiger partial charge in [-0.15, -0.1) is 0 Å². The lowest BCUT2D eigenvalue weighted by Crippen LogP contribution is -2.12. The number of nitrogens with one attached hydrogen (secondary N) is 1. The number of nitrogens with zero attached hydrogens (tertiary/aromatic N) is 3. The first-order valence-electron chi connectivity index (χ1n) is 4.72. The second-order valence-corrected chi connectivity index (χ2v) is 4.54. The Hall–Kier alpha value is -1.41. The van der Waals surface area contributed by atoms with Crippen molar-refractivity contribution in [1.29, 1.82) is 0 Å². The van der Waals surface area contributed by atoms with Gasteiger partial charge in [-0.3, -0.25) is 10.1 Å². The zero-order valence-electron chi connectivity index (χ0n) is 9.01. The zero-order chi connectivity index (χ0) is 12.1. The molecule has 1 unspecified atom stereocenters. The fourth-order valence-electron chi connectivity index (χ4n) is 0.993. The molecule has 1 heterocycles. The highest BCUT2D eigenvalue weighted by atomic mass is 32.2. The number of hydrogen-bond acceptors (Lipinski definition) is 7. The number of nitrogen functional groups attached to an aromatic ring is 1. The van der Waals surface area contributed by atoms with Crippen molar-refractivity contribution in [2.75, 3.05) is 5.43 Å². The highest BCUT2D eigenvalue weighted by Crippen LogP contribution is 2.34. The Labute approximate surface area is 97.0 Å². The molecule has 88 valence electrons. The zero-order valence-corrected chi connectivity index (χ0v) is 9.82. The van der Waals surface area contributed by atoms with Crippen LogP contribution in [0.5, 0.6) is 0 Å². The van der Waals surface area contributed by atoms with Crippen molar-refractivity contribution in [3.8, 4) is 0 Å². The van der Waals surface area contributed by atoms with Gasteiger partial charge in [-0.1, -0.05) is 25.6 Å². The highest BCUT2D eigenvalue weighted by molar-refractivity contribution is 8.00. The molecule has 0 aliphatic heterocycles. The number of anilines is 1. The Kier molecular flexibility index (Phi) is 4.44. The van der Waals surface area contributed by atoms with Gasteiger partial charge >= 0.3 is 5.69 Å². The molecule has 0 saturated heterocycles. The van der Waals surface area contributed by atoms with Gasteiger partial charge < -0.3 is 5.43 Å². The van der Waals surface area contributed by atoms with E-state index in [1.807, 2.05) is 13.8 Å². The largest absolute Gasteiger partial charge is 0.344 e. The van der Waals surface area contributed by atoms with Crippen LogP contribution in [0.3, 0.4) is 0 Å². The van der Waals surface area contributed by atoms with Crippen LogP contribution in [-0.2, 0) is 0 Å². The SMILES string of the molecule is CCC(C)Sc1ncnc(NN)c1[N+](=O)[O-]. The maximum atomic E-state index is 10.9. The average Bonchev–Trinajstić information content (AvgIpc) is 2.28. The maximum Gasteiger partial charge on any atom is 0.344 e. The van der Waals surface area contributed by atoms with Gasteiger partial charge in [0.15, 0.2) is 5.03 Å². The van der Waals surface area contributed by atoms with Crippen molar-refractivity contribution in [3.05, 3.63) is 16.4 Å². The number of rotatable bonds is 5. The van der Waals surface area contributed by atoms with Crippen molar-refractivity contribution in [1.82, 2.24) is 9.97 Å². The Morgan fingerprint density at radius 3 is 2.88 bits per heavy atom. The predicted octanol–water partition coefficient (Wildman–Crippen LogP) is 1.56. The molecule has 16 heavy (non-hydrogen) atoms. The van der Waals surface area contributed by atoms with Gasteiger partial charge in [-0.2, -0.15) is 0 Å². The molecule has 1 aromatic heterocycles. The van der Waals surface area contributed by atoms with Crippen LogP contribution in [-0.4, -0.2) is 20.1 Å². The van der Waals surface area contributed by atoms with Crippen LogP contribution < -0.4 is 11.3 Å². The summed E-state index contributed by atoms with van der Waals surface area (Å²) in [5.74, 6) is 5.20. The van der Waals surface area contributed by atoms with E-state index in [4.69, 9.17) is 5.84 Å². The van der Waals surface area contributed by atoms with Crippen LogP contribution >= 0.6 is 11.8 Å². The van der Waals surface area contributed by atoms with Crippen molar-refractivity contribution in [2.45, 2.75) is 30.5 Å². The van der Waals surface area contributed by atoms with Crippen LogP contribution in [0.2, 0.25) is 0 Å². The summed E-state index contributed by atoms with van der Waals surface area (Å²) < 4.78 is 0. The fraction of sp³-hybridized carbons (Fsp3) is 0.500. The third-order valence-electron chi connectivity index (χ3n) is 2.00. The van der Waals surface area contributed by atoms with Crippen molar-refractivity contribution in [3.63, 3.8) is 0 Å². The molecule has 1 atom stereocenters. The van der Waals surface area contributed by atoms with E-state index in [0.717, 1.165) is 6.42 Å². The first-order valence-corrected chi connectivity index (χ1v) is 5.60. The molecular weight excluding hydrogens is 230 g/mol. The second kappa shape index (κ2) is 5.61. The predicted molar refractivity (Wildman–Crippen MR) is 62.1 cm³/mol. The molecule has 0 amide bonds. The van der Waals surface area contributed by atoms with Crippen molar-refractivity contribution in [2.24, 2.45) is 5.84 Å². The first-order chi connectivity index (χ1) is 7.60. The van der Waals surface area contributed by atoms with E-state index < -0.39 is 4.92 Å². The Balaban J connectivity index is 3.12. The summed E-state index contributed by atoms with van der Waals surface area (Å²) in [6.07, 6.45) is 2.16. The molecule has 0 aliphatic carbocycles. The summed E-state index contributed by atoms with van der Waals surface area (Å²) in [4.78, 5) is 18.0. The van der Waals surface area contributed by atoms with Gasteiger partial charge in [0.1, 0.15) is 6.33 Å². The minimum Gasteiger partial charge on any atom is -0.303 e. The monoisotopic (exact) mass is 243 g/mol. The van der Waals surface area contributed by atoms with Crippen molar-refractivity contribution >= 4 is 23.3 Å². The van der Waals surface area contributed by atoms with Gasteiger partial charge in [0.25, 0.3) is 0 Å². The standard InChI is InChI=1S/C8H13N5O2S/c1-3-5(2)16-8-6(13(14)15)7(12-9)10-4-11-8/h4-5H,3,9H2,1-2H3,(H,10,11,12). The normalized spacial score (nSPS) is 12.2. The van der Waals surface area contributed by atoms with E-state index in [1.54, 1.807) is 0 Å². The number of nitrogens with two attached hydrogens (primary N) is 1. The minimum absolute atomic E-state index is 0.0332. The molecule has 0 fully saturated rings. The molecule has 0 aliphatic rings. The molecule has 0 spiro atoms. The van der Waals surface area contributed by atoms with Gasteiger partial charge in [0, 0.05) is 5.25 Å². The second-order valence-electron chi connectivity index (χ2n) is 3.11. The summed E-state index contributed by atoms with van der Waals surface area (Å²) in [5.41, 5.74) is 2.03. The van der Waals surface area contributed by atoms with Crippen LogP contribution in [0.1, 0.15) is 20.3 Å². The molecule has 0 aromatic carbocycles. The molecule has 1 aromatic rings. The van der Waals surface area contributed by atoms with Gasteiger partial charge in [-0.25, -0.2) is 15.8 Å². The molecule has 0 bridgehead atoms. The van der Waals surface area contributed by atoms with Crippen molar-refractivity contribution < 1.29 is 4.92 Å². The lowest BCUT2D eigenvalue weighted by Gasteiger charge is -2.08. The number of hydrazine groups is 1. The van der Waals surface area contributed by atoms with E-state index in [9.17, 15) is 10.1 Å². The lowest BCUT2D eigenvalue weighted by molar-refractivity contribution is -0.387. The molecule has 0 saturated carbocycles. The van der Waals surface area contributed by atoms with Crippen LogP contribution in [0, 0.1) is 10.1 Å². The summed E-state index contributed by atoms with van der Waals surface area (Å²) in [6.45, 7) is 3.98. The Morgan fingerprint density at radius 2 is 2.38 bits per heavy atom. The summed E-state index contributed by atoms with van der Waals surface area (Å²) >= 11 is 1.34. The van der Waals surface area contributed by atoms with Crippen LogP contribution in [0.25, 0.3) is 0 Å². The summed E-state index contributed by atoms with van der Waals surface area (Å²) in [5, 5.41) is 11.5. The summed E-state index contributed by atoms with van der Waals surface area (Å²) in [7, 11) is 0. The van der Waals surface area contributed by atoms with E-state index in [1.165, 1.54) is 18.1 Å². The molecule has 3 N–H and O–H groups in total. The first kappa shape index (κ1) is 12.7. The minimum atomic E-state index is -0.528. The lowest BCUT2D eigenvalue weighted by atomic mass is 10.4. The van der Waals surface area contributed by atoms with E-state index in [2.05, 4.69) is 15.4 Å². The van der Waals surface area contributed by atoms with E-state index in [0.29, 0.717) is 5.03 Å². The topological polar surface area (TPSA) is 107 Å². The number of nitro groups is 1. The summed E-state index contributed by atoms with van der Waals surface area (Å²) in [6, 6.07) is 0. The number of aromatic nitrogens is 2. The molecule has 0 radical (unpaired) electrons. The van der Waals surface area contributed by atoms with E-state index >= 15 is 0 Å². The van der Waals surface area contributed by atoms with Gasteiger partial charge in [0.05, 0.1) is 4.92 Å². The van der Waals surface area contributed by atoms with Gasteiger partial charge in [0.2, 0.25) is 5.82 Å². The third-order valence-corrected chi connectivity index (χ3v) is 3.25. The Morgan fingerprint density at radius 1 is 1.69 bits per heavy atom.